The lowest BCUT2D eigenvalue weighted by Gasteiger charge is -1.95. The van der Waals surface area contributed by atoms with E-state index in [1.807, 2.05) is 0 Å². The fourth-order valence-electron chi connectivity index (χ4n) is 0.949. The Morgan fingerprint density at radius 1 is 1.67 bits per heavy atom. The molecule has 3 N–H and O–H groups in total. The molecule has 0 aliphatic heterocycles. The van der Waals surface area contributed by atoms with Crippen molar-refractivity contribution < 1.29 is 14.1 Å². The average molecular weight is 214 g/mol. The fourth-order valence-corrected chi connectivity index (χ4v) is 0.949. The summed E-state index contributed by atoms with van der Waals surface area (Å²) in [4.78, 5) is 14.5. The maximum Gasteiger partial charge on any atom is 0.240 e. The first-order valence-electron chi connectivity index (χ1n) is 4.52. The van der Waals surface area contributed by atoms with E-state index in [-0.39, 0.29) is 6.54 Å². The number of nitrogens with zero attached hydrogens (tertiary/aromatic N) is 2. The van der Waals surface area contributed by atoms with Crippen LogP contribution in [0.3, 0.4) is 0 Å². The van der Waals surface area contributed by atoms with Crippen molar-refractivity contribution in [1.29, 1.82) is 0 Å². The van der Waals surface area contributed by atoms with Crippen LogP contribution >= 0.6 is 0 Å². The minimum atomic E-state index is -0.422. The van der Waals surface area contributed by atoms with Gasteiger partial charge < -0.3 is 15.0 Å². The van der Waals surface area contributed by atoms with Gasteiger partial charge in [-0.05, 0) is 0 Å². The molecule has 1 amide bonds. The van der Waals surface area contributed by atoms with E-state index in [4.69, 9.17) is 15.0 Å². The molecule has 84 valence electrons. The Morgan fingerprint density at radius 3 is 3.13 bits per heavy atom. The van der Waals surface area contributed by atoms with E-state index in [0.717, 1.165) is 0 Å². The fraction of sp³-hybridized carbons (Fsp3) is 0.625. The number of carbonyl (C=O) groups is 1. The molecule has 0 unspecified atom stereocenters. The summed E-state index contributed by atoms with van der Waals surface area (Å²) in [7, 11) is 1.61. The van der Waals surface area contributed by atoms with E-state index in [2.05, 4.69) is 15.5 Å². The zero-order valence-electron chi connectivity index (χ0n) is 8.52. The Bertz CT molecular complexity index is 313. The van der Waals surface area contributed by atoms with Crippen molar-refractivity contribution in [2.75, 3.05) is 20.3 Å². The molecule has 0 atom stereocenters. The third-order valence-corrected chi connectivity index (χ3v) is 1.62. The van der Waals surface area contributed by atoms with Crippen molar-refractivity contribution in [3.05, 3.63) is 11.7 Å². The quantitative estimate of drug-likeness (QED) is 0.593. The number of nitrogens with one attached hydrogen (secondary N) is 1. The van der Waals surface area contributed by atoms with Gasteiger partial charge in [0.1, 0.15) is 0 Å². The summed E-state index contributed by atoms with van der Waals surface area (Å²) in [6.45, 7) is 0.979. The van der Waals surface area contributed by atoms with Crippen molar-refractivity contribution in [1.82, 2.24) is 15.5 Å². The molecule has 7 heteroatoms. The second-order valence-corrected chi connectivity index (χ2v) is 2.92. The number of methoxy groups -OCH3 is 1. The van der Waals surface area contributed by atoms with E-state index >= 15 is 0 Å². The lowest BCUT2D eigenvalue weighted by Crippen LogP contribution is -2.28. The first-order valence-corrected chi connectivity index (χ1v) is 4.52. The molecule has 0 aliphatic rings. The largest absolute Gasteiger partial charge is 0.384 e. The van der Waals surface area contributed by atoms with E-state index in [9.17, 15) is 4.79 Å². The highest BCUT2D eigenvalue weighted by atomic mass is 16.5. The van der Waals surface area contributed by atoms with E-state index in [1.54, 1.807) is 7.11 Å². The van der Waals surface area contributed by atoms with Crippen LogP contribution in [0.4, 0.5) is 0 Å². The molecular weight excluding hydrogens is 200 g/mol. The van der Waals surface area contributed by atoms with Gasteiger partial charge in [0.15, 0.2) is 5.82 Å². The highest BCUT2D eigenvalue weighted by Gasteiger charge is 2.05. The molecule has 0 fully saturated rings. The summed E-state index contributed by atoms with van der Waals surface area (Å²) < 4.78 is 9.78. The number of hydrogen-bond donors (Lipinski definition) is 2. The molecule has 0 spiro atoms. The van der Waals surface area contributed by atoms with Gasteiger partial charge in [0.25, 0.3) is 0 Å². The van der Waals surface area contributed by atoms with Crippen LogP contribution in [-0.4, -0.2) is 36.3 Å². The second-order valence-electron chi connectivity index (χ2n) is 2.92. The molecule has 0 aromatic carbocycles. The van der Waals surface area contributed by atoms with Crippen LogP contribution in [0.2, 0.25) is 0 Å². The third-order valence-electron chi connectivity index (χ3n) is 1.62. The van der Waals surface area contributed by atoms with Crippen molar-refractivity contribution in [3.8, 4) is 0 Å². The summed E-state index contributed by atoms with van der Waals surface area (Å²) in [5.74, 6) is 0.601. The summed E-state index contributed by atoms with van der Waals surface area (Å²) in [5.41, 5.74) is 4.94. The molecule has 1 heterocycles. The summed E-state index contributed by atoms with van der Waals surface area (Å²) >= 11 is 0. The summed E-state index contributed by atoms with van der Waals surface area (Å²) in [5, 5.41) is 6.50. The predicted octanol–water partition coefficient (Wildman–Crippen LogP) is -1.17. The first kappa shape index (κ1) is 11.6. The molecule has 0 saturated heterocycles. The number of primary amides is 1. The SMILES string of the molecule is COCCc1noc(CNCC(N)=O)n1. The molecular formula is C8H14N4O3. The van der Waals surface area contributed by atoms with Crippen LogP contribution in [0, 0.1) is 0 Å². The lowest BCUT2D eigenvalue weighted by atomic mass is 10.4. The predicted molar refractivity (Wildman–Crippen MR) is 50.8 cm³/mol. The Balaban J connectivity index is 2.29. The van der Waals surface area contributed by atoms with E-state index < -0.39 is 5.91 Å². The van der Waals surface area contributed by atoms with Crippen molar-refractivity contribution in [3.63, 3.8) is 0 Å². The van der Waals surface area contributed by atoms with Crippen molar-refractivity contribution in [2.45, 2.75) is 13.0 Å². The van der Waals surface area contributed by atoms with Gasteiger partial charge in [-0.25, -0.2) is 0 Å². The molecule has 0 saturated carbocycles. The van der Waals surface area contributed by atoms with Gasteiger partial charge >= 0.3 is 0 Å². The minimum absolute atomic E-state index is 0.0930. The number of hydrogen-bond acceptors (Lipinski definition) is 6. The molecule has 1 rings (SSSR count). The number of aromatic nitrogens is 2. The third kappa shape index (κ3) is 4.52. The van der Waals surface area contributed by atoms with Gasteiger partial charge in [-0.3, -0.25) is 10.1 Å². The normalized spacial score (nSPS) is 10.5. The lowest BCUT2D eigenvalue weighted by molar-refractivity contribution is -0.117. The number of carbonyl (C=O) groups excluding carboxylic acids is 1. The number of nitrogens with two attached hydrogens (primary N) is 1. The smallest absolute Gasteiger partial charge is 0.240 e. The Hall–Kier alpha value is -1.47. The highest BCUT2D eigenvalue weighted by molar-refractivity contribution is 5.75. The van der Waals surface area contributed by atoms with Crippen LogP contribution in [-0.2, 0) is 22.5 Å². The van der Waals surface area contributed by atoms with Gasteiger partial charge in [0, 0.05) is 13.5 Å². The minimum Gasteiger partial charge on any atom is -0.384 e. The Labute approximate surface area is 87.0 Å². The van der Waals surface area contributed by atoms with Gasteiger partial charge in [-0.15, -0.1) is 0 Å². The summed E-state index contributed by atoms with van der Waals surface area (Å²) in [6.07, 6.45) is 0.607. The zero-order chi connectivity index (χ0) is 11.1. The van der Waals surface area contributed by atoms with Gasteiger partial charge in [-0.1, -0.05) is 5.16 Å². The Kier molecular flexibility index (Phi) is 4.72. The second kappa shape index (κ2) is 6.10. The molecule has 0 radical (unpaired) electrons. The molecule has 1 aromatic heterocycles. The van der Waals surface area contributed by atoms with Gasteiger partial charge in [0.2, 0.25) is 11.8 Å². The number of amides is 1. The number of ether oxygens (including phenoxy) is 1. The Morgan fingerprint density at radius 2 is 2.47 bits per heavy atom. The number of rotatable bonds is 7. The van der Waals surface area contributed by atoms with Crippen molar-refractivity contribution in [2.24, 2.45) is 5.73 Å². The van der Waals surface area contributed by atoms with Crippen LogP contribution in [0.1, 0.15) is 11.7 Å². The molecule has 1 aromatic rings. The van der Waals surface area contributed by atoms with E-state index in [1.165, 1.54) is 0 Å². The average Bonchev–Trinajstić information content (AvgIpc) is 2.62. The maximum absolute atomic E-state index is 10.4. The van der Waals surface area contributed by atoms with Crippen LogP contribution in [0.15, 0.2) is 4.52 Å². The molecule has 0 aliphatic carbocycles. The summed E-state index contributed by atoms with van der Waals surface area (Å²) in [6, 6.07) is 0. The molecule has 0 bridgehead atoms. The van der Waals surface area contributed by atoms with Gasteiger partial charge in [0.05, 0.1) is 19.7 Å². The highest BCUT2D eigenvalue weighted by Crippen LogP contribution is 1.97. The molecule has 15 heavy (non-hydrogen) atoms. The maximum atomic E-state index is 10.4. The van der Waals surface area contributed by atoms with Crippen molar-refractivity contribution >= 4 is 5.91 Å². The topological polar surface area (TPSA) is 103 Å². The zero-order valence-corrected chi connectivity index (χ0v) is 8.52. The van der Waals surface area contributed by atoms with Crippen LogP contribution in [0.25, 0.3) is 0 Å². The monoisotopic (exact) mass is 214 g/mol. The van der Waals surface area contributed by atoms with E-state index in [0.29, 0.717) is 31.3 Å². The molecule has 7 nitrogen and oxygen atoms in total. The van der Waals surface area contributed by atoms with Gasteiger partial charge in [-0.2, -0.15) is 4.98 Å². The van der Waals surface area contributed by atoms with Crippen LogP contribution in [0.5, 0.6) is 0 Å². The first-order chi connectivity index (χ1) is 7.22. The van der Waals surface area contributed by atoms with Crippen LogP contribution < -0.4 is 11.1 Å². The standard InChI is InChI=1S/C8H14N4O3/c1-14-3-2-7-11-8(15-12-7)5-10-4-6(9)13/h10H,2-5H2,1H3,(H2,9,13).